The van der Waals surface area contributed by atoms with Crippen LogP contribution in [0.2, 0.25) is 0 Å². The van der Waals surface area contributed by atoms with Crippen molar-refractivity contribution in [1.29, 1.82) is 0 Å². The Kier molecular flexibility index (Phi) is 14.8. The van der Waals surface area contributed by atoms with E-state index >= 15 is 0 Å². The molecular formula is C51H63NO7. The molecule has 4 aliphatic carbocycles. The minimum Gasteiger partial charge on any atom is -0.445 e. The lowest BCUT2D eigenvalue weighted by atomic mass is 9.50. The molecule has 0 N–H and O–H groups in total. The van der Waals surface area contributed by atoms with Gasteiger partial charge in [0.25, 0.3) is 0 Å². The van der Waals surface area contributed by atoms with Crippen LogP contribution in [-0.2, 0) is 54.8 Å². The number of carbonyl (C=O) groups excluding carboxylic acids is 1. The predicted molar refractivity (Wildman–Crippen MR) is 228 cm³/mol. The van der Waals surface area contributed by atoms with Crippen LogP contribution < -0.4 is 0 Å². The van der Waals surface area contributed by atoms with Crippen LogP contribution in [0.4, 0.5) is 4.79 Å². The summed E-state index contributed by atoms with van der Waals surface area (Å²) < 4.78 is 39.3. The number of rotatable bonds is 21. The van der Waals surface area contributed by atoms with Crippen molar-refractivity contribution in [3.8, 4) is 0 Å². The van der Waals surface area contributed by atoms with E-state index in [1.165, 1.54) is 38.5 Å². The molecule has 1 amide bonds. The maximum absolute atomic E-state index is 14.2. The van der Waals surface area contributed by atoms with E-state index in [-0.39, 0.29) is 19.8 Å². The second-order valence-corrected chi connectivity index (χ2v) is 17.7. The molecule has 314 valence electrons. The van der Waals surface area contributed by atoms with E-state index < -0.39 is 30.4 Å². The van der Waals surface area contributed by atoms with E-state index in [0.717, 1.165) is 72.5 Å². The first-order valence-electron chi connectivity index (χ1n) is 22.2. The average Bonchev–Trinajstić information content (AvgIpc) is 3.26. The summed E-state index contributed by atoms with van der Waals surface area (Å²) in [7, 11) is 0. The van der Waals surface area contributed by atoms with Gasteiger partial charge in [0.05, 0.1) is 45.6 Å². The van der Waals surface area contributed by atoms with Crippen molar-refractivity contribution >= 4 is 6.09 Å². The third-order valence-corrected chi connectivity index (χ3v) is 13.1. The van der Waals surface area contributed by atoms with Gasteiger partial charge in [0.15, 0.2) is 0 Å². The Hall–Kier alpha value is -4.05. The maximum Gasteiger partial charge on any atom is 0.410 e. The van der Waals surface area contributed by atoms with Crippen molar-refractivity contribution in [1.82, 2.24) is 4.90 Å². The van der Waals surface area contributed by atoms with Gasteiger partial charge >= 0.3 is 6.09 Å². The SMILES string of the molecule is O=C(OCc1ccccc1)N1C[C@H](OCCCCCOCC23CC4CC(CC(C4)C2)C3)[C@@H](OCc2ccccc2)[C@H](OCc2ccccc2)[C@H]1COCc1ccccc1. The molecule has 59 heavy (non-hydrogen) atoms. The van der Waals surface area contributed by atoms with Gasteiger partial charge in [-0.3, -0.25) is 4.90 Å². The molecule has 4 bridgehead atoms. The van der Waals surface area contributed by atoms with Crippen LogP contribution in [0.3, 0.4) is 0 Å². The van der Waals surface area contributed by atoms with Crippen molar-refractivity contribution in [3.05, 3.63) is 144 Å². The molecule has 0 radical (unpaired) electrons. The number of ether oxygens (including phenoxy) is 6. The first-order valence-corrected chi connectivity index (χ1v) is 22.2. The van der Waals surface area contributed by atoms with Gasteiger partial charge in [-0.05, 0) is 103 Å². The molecule has 0 aromatic heterocycles. The van der Waals surface area contributed by atoms with Crippen molar-refractivity contribution in [3.63, 3.8) is 0 Å². The van der Waals surface area contributed by atoms with Crippen LogP contribution in [0.15, 0.2) is 121 Å². The molecule has 9 rings (SSSR count). The highest BCUT2D eigenvalue weighted by Crippen LogP contribution is 2.60. The van der Waals surface area contributed by atoms with Crippen LogP contribution in [0.1, 0.15) is 80.0 Å². The summed E-state index contributed by atoms with van der Waals surface area (Å²) in [5.41, 5.74) is 4.52. The summed E-state index contributed by atoms with van der Waals surface area (Å²) in [6, 6.07) is 39.7. The number of nitrogens with zero attached hydrogens (tertiary/aromatic N) is 1. The zero-order valence-electron chi connectivity index (χ0n) is 34.6. The van der Waals surface area contributed by atoms with Gasteiger partial charge in [-0.2, -0.15) is 0 Å². The van der Waals surface area contributed by atoms with E-state index in [2.05, 4.69) is 24.3 Å². The molecular weight excluding hydrogens is 739 g/mol. The Morgan fingerprint density at radius 2 is 1.03 bits per heavy atom. The zero-order valence-corrected chi connectivity index (χ0v) is 34.6. The van der Waals surface area contributed by atoms with Gasteiger partial charge in [-0.25, -0.2) is 4.79 Å². The molecule has 5 aliphatic rings. The lowest BCUT2D eigenvalue weighted by Crippen LogP contribution is -2.66. The van der Waals surface area contributed by atoms with E-state index in [1.807, 2.05) is 97.1 Å². The maximum atomic E-state index is 14.2. The number of piperidine rings is 1. The molecule has 0 spiro atoms. The molecule has 4 saturated carbocycles. The Bertz CT molecular complexity index is 1790. The van der Waals surface area contributed by atoms with E-state index in [4.69, 9.17) is 28.4 Å². The van der Waals surface area contributed by atoms with Gasteiger partial charge in [0.2, 0.25) is 0 Å². The molecule has 4 atom stereocenters. The summed E-state index contributed by atoms with van der Waals surface area (Å²) in [6.07, 6.45) is 9.52. The van der Waals surface area contributed by atoms with Crippen molar-refractivity contribution in [2.45, 2.75) is 109 Å². The van der Waals surface area contributed by atoms with Gasteiger partial charge in [-0.1, -0.05) is 121 Å². The lowest BCUT2D eigenvalue weighted by Gasteiger charge is -2.56. The molecule has 4 aromatic rings. The fraction of sp³-hybridized carbons (Fsp3) is 0.510. The highest BCUT2D eigenvalue weighted by molar-refractivity contribution is 5.68. The molecule has 0 unspecified atom stereocenters. The molecule has 5 fully saturated rings. The quantitative estimate of drug-likeness (QED) is 0.0777. The predicted octanol–water partition coefficient (Wildman–Crippen LogP) is 10.2. The first kappa shape index (κ1) is 41.7. The Morgan fingerprint density at radius 3 is 1.59 bits per heavy atom. The van der Waals surface area contributed by atoms with Crippen LogP contribution >= 0.6 is 0 Å². The summed E-state index contributed by atoms with van der Waals surface area (Å²) in [4.78, 5) is 16.0. The monoisotopic (exact) mass is 801 g/mol. The number of hydrogen-bond acceptors (Lipinski definition) is 7. The minimum atomic E-state index is -0.573. The number of carbonyl (C=O) groups is 1. The van der Waals surface area contributed by atoms with Gasteiger partial charge in [0.1, 0.15) is 24.9 Å². The first-order chi connectivity index (χ1) is 29.1. The number of likely N-dealkylation sites (tertiary alicyclic amines) is 1. The second kappa shape index (κ2) is 21.0. The molecule has 4 aromatic carbocycles. The van der Waals surface area contributed by atoms with Gasteiger partial charge < -0.3 is 28.4 Å². The highest BCUT2D eigenvalue weighted by Gasteiger charge is 2.51. The largest absolute Gasteiger partial charge is 0.445 e. The molecule has 1 saturated heterocycles. The smallest absolute Gasteiger partial charge is 0.410 e. The number of hydrogen-bond donors (Lipinski definition) is 0. The topological polar surface area (TPSA) is 75.7 Å². The Morgan fingerprint density at radius 1 is 0.542 bits per heavy atom. The fourth-order valence-electron chi connectivity index (χ4n) is 10.7. The lowest BCUT2D eigenvalue weighted by molar-refractivity contribution is -0.203. The van der Waals surface area contributed by atoms with Crippen molar-refractivity contribution < 1.29 is 33.2 Å². The highest BCUT2D eigenvalue weighted by atomic mass is 16.6. The van der Waals surface area contributed by atoms with Crippen molar-refractivity contribution in [2.24, 2.45) is 23.2 Å². The summed E-state index contributed by atoms with van der Waals surface area (Å²) in [5, 5.41) is 0. The second-order valence-electron chi connectivity index (χ2n) is 17.7. The van der Waals surface area contributed by atoms with Crippen LogP contribution in [-0.4, -0.2) is 68.3 Å². The summed E-state index contributed by atoms with van der Waals surface area (Å²) >= 11 is 0. The fourth-order valence-corrected chi connectivity index (χ4v) is 10.7. The van der Waals surface area contributed by atoms with E-state index in [1.54, 1.807) is 4.90 Å². The normalized spacial score (nSPS) is 27.2. The number of unbranched alkanes of at least 4 members (excludes halogenated alkanes) is 2. The Balaban J connectivity index is 0.954. The zero-order chi connectivity index (χ0) is 40.1. The van der Waals surface area contributed by atoms with E-state index in [9.17, 15) is 4.79 Å². The van der Waals surface area contributed by atoms with Crippen LogP contribution in [0.25, 0.3) is 0 Å². The van der Waals surface area contributed by atoms with Gasteiger partial charge in [0, 0.05) is 13.2 Å². The summed E-state index contributed by atoms with van der Waals surface area (Å²) in [6.45, 7) is 4.08. The van der Waals surface area contributed by atoms with Gasteiger partial charge in [-0.15, -0.1) is 0 Å². The number of amides is 1. The summed E-state index contributed by atoms with van der Waals surface area (Å²) in [5.74, 6) is 2.85. The molecule has 1 aliphatic heterocycles. The minimum absolute atomic E-state index is 0.160. The van der Waals surface area contributed by atoms with Crippen LogP contribution in [0.5, 0.6) is 0 Å². The Labute approximate surface area is 351 Å². The van der Waals surface area contributed by atoms with Crippen LogP contribution in [0, 0.1) is 23.2 Å². The standard InChI is InChI=1S/C51H63NO7/c53-50(59-36-42-22-12-4-13-23-42)52-32-47(56-25-15-5-14-24-54-38-51-29-43-26-44(30-51)28-45(27-43)31-51)49(58-35-41-20-10-3-11-21-41)48(57-34-40-18-8-2-9-19-40)46(52)37-55-33-39-16-6-1-7-17-39/h1-4,6-13,16-23,43-49H,5,14-15,24-38H2/t43?,44?,45?,46-,47+,48-,49-,51?/m1/s1. The van der Waals surface area contributed by atoms with Crippen molar-refractivity contribution in [2.75, 3.05) is 33.0 Å². The molecule has 8 heteroatoms. The van der Waals surface area contributed by atoms with E-state index in [0.29, 0.717) is 31.8 Å². The molecule has 8 nitrogen and oxygen atoms in total. The molecule has 1 heterocycles. The number of benzene rings is 4. The third kappa shape index (κ3) is 11.6. The third-order valence-electron chi connectivity index (χ3n) is 13.1. The average molecular weight is 802 g/mol.